The number of rotatable bonds is 6. The number of benzene rings is 1. The predicted molar refractivity (Wildman–Crippen MR) is 94.8 cm³/mol. The minimum atomic E-state index is -0.139. The second kappa shape index (κ2) is 9.66. The molecule has 5 nitrogen and oxygen atoms in total. The number of aryl methyl sites for hydroxylation is 1. The Morgan fingerprint density at radius 1 is 1.36 bits per heavy atom. The largest absolute Gasteiger partial charge is 0.355 e. The highest BCUT2D eigenvalue weighted by atomic mass is 35.5. The molecule has 3 N–H and O–H groups in total. The number of para-hydroxylation sites is 2. The molecule has 0 saturated carbocycles. The summed E-state index contributed by atoms with van der Waals surface area (Å²) >= 11 is 0. The first-order valence-corrected chi connectivity index (χ1v) is 7.09. The van der Waals surface area contributed by atoms with Gasteiger partial charge in [0, 0.05) is 32.0 Å². The number of fused-ring (bicyclic) bond motifs is 1. The normalized spacial score (nSPS) is 11.4. The molecule has 22 heavy (non-hydrogen) atoms. The van der Waals surface area contributed by atoms with E-state index in [2.05, 4.69) is 27.9 Å². The lowest BCUT2D eigenvalue weighted by Gasteiger charge is -2.10. The van der Waals surface area contributed by atoms with Gasteiger partial charge >= 0.3 is 0 Å². The number of nitrogens with two attached hydrogens (primary N) is 1. The molecule has 0 aliphatic rings. The van der Waals surface area contributed by atoms with Gasteiger partial charge in [0.2, 0.25) is 5.91 Å². The molecule has 1 atom stereocenters. The maximum atomic E-state index is 11.7. The van der Waals surface area contributed by atoms with Crippen LogP contribution < -0.4 is 11.1 Å². The molecule has 0 bridgehead atoms. The van der Waals surface area contributed by atoms with E-state index in [1.54, 1.807) is 0 Å². The van der Waals surface area contributed by atoms with Gasteiger partial charge in [-0.1, -0.05) is 19.1 Å². The Bertz CT molecular complexity index is 600. The highest BCUT2D eigenvalue weighted by Gasteiger charge is 2.12. The number of hydrogen-bond acceptors (Lipinski definition) is 3. The Labute approximate surface area is 143 Å². The summed E-state index contributed by atoms with van der Waals surface area (Å²) in [5.41, 5.74) is 7.63. The third kappa shape index (κ3) is 4.60. The van der Waals surface area contributed by atoms with Crippen LogP contribution in [0.1, 0.15) is 19.7 Å². The molecule has 0 aliphatic heterocycles. The number of nitrogens with zero attached hydrogens (tertiary/aromatic N) is 2. The molecule has 0 fully saturated rings. The minimum absolute atomic E-state index is 0. The Balaban J connectivity index is 0.00000220. The Hall–Kier alpha value is -1.30. The Morgan fingerprint density at radius 2 is 2.05 bits per heavy atom. The number of imidazole rings is 1. The highest BCUT2D eigenvalue weighted by molar-refractivity contribution is 5.85. The molecular weight excluding hydrogens is 323 g/mol. The van der Waals surface area contributed by atoms with Crippen molar-refractivity contribution in [3.05, 3.63) is 30.1 Å². The van der Waals surface area contributed by atoms with Crippen molar-refractivity contribution in [2.45, 2.75) is 26.8 Å². The zero-order chi connectivity index (χ0) is 14.5. The lowest BCUT2D eigenvalue weighted by atomic mass is 10.2. The topological polar surface area (TPSA) is 72.9 Å². The number of carbonyl (C=O) groups excluding carboxylic acids is 1. The first-order chi connectivity index (χ1) is 9.67. The van der Waals surface area contributed by atoms with Gasteiger partial charge in [0.1, 0.15) is 5.82 Å². The molecule has 1 heterocycles. The number of halogens is 2. The highest BCUT2D eigenvalue weighted by Crippen LogP contribution is 2.15. The van der Waals surface area contributed by atoms with E-state index in [-0.39, 0.29) is 36.6 Å². The van der Waals surface area contributed by atoms with Gasteiger partial charge in [0.15, 0.2) is 0 Å². The molecule has 1 aromatic carbocycles. The van der Waals surface area contributed by atoms with Crippen LogP contribution in [0.4, 0.5) is 0 Å². The van der Waals surface area contributed by atoms with Crippen molar-refractivity contribution in [2.75, 3.05) is 13.1 Å². The van der Waals surface area contributed by atoms with Crippen molar-refractivity contribution in [3.8, 4) is 0 Å². The standard InChI is InChI=1S/C15H22N4O.2ClH/c1-3-19-13-7-5-4-6-12(13)18-14(19)8-9-17-15(20)11(2)10-16;;/h4-7,11H,3,8-10,16H2,1-2H3,(H,17,20);2*1H. The number of aromatic nitrogens is 2. The van der Waals surface area contributed by atoms with Crippen LogP contribution in [-0.4, -0.2) is 28.5 Å². The van der Waals surface area contributed by atoms with Crippen molar-refractivity contribution in [2.24, 2.45) is 11.7 Å². The maximum Gasteiger partial charge on any atom is 0.224 e. The molecule has 2 rings (SSSR count). The van der Waals surface area contributed by atoms with E-state index in [1.807, 2.05) is 25.1 Å². The first kappa shape index (κ1) is 20.7. The second-order valence-electron chi connectivity index (χ2n) is 4.94. The molecule has 124 valence electrons. The van der Waals surface area contributed by atoms with Crippen LogP contribution in [0.5, 0.6) is 0 Å². The summed E-state index contributed by atoms with van der Waals surface area (Å²) in [7, 11) is 0. The number of nitrogens with one attached hydrogen (secondary N) is 1. The smallest absolute Gasteiger partial charge is 0.224 e. The summed E-state index contributed by atoms with van der Waals surface area (Å²) in [6.45, 7) is 5.78. The first-order valence-electron chi connectivity index (χ1n) is 7.09. The number of carbonyl (C=O) groups is 1. The van der Waals surface area contributed by atoms with Crippen LogP contribution in [0.25, 0.3) is 11.0 Å². The zero-order valence-electron chi connectivity index (χ0n) is 12.9. The molecule has 0 radical (unpaired) electrons. The molecular formula is C15H24Cl2N4O. The summed E-state index contributed by atoms with van der Waals surface area (Å²) in [6.07, 6.45) is 0.728. The number of hydrogen-bond donors (Lipinski definition) is 2. The molecule has 1 amide bonds. The third-order valence-electron chi connectivity index (χ3n) is 3.50. The SMILES string of the molecule is CCn1c(CCNC(=O)C(C)CN)nc2ccccc21.Cl.Cl. The molecule has 2 aromatic rings. The molecule has 0 aliphatic carbocycles. The van der Waals surface area contributed by atoms with E-state index >= 15 is 0 Å². The molecule has 1 unspecified atom stereocenters. The zero-order valence-corrected chi connectivity index (χ0v) is 14.5. The minimum Gasteiger partial charge on any atom is -0.355 e. The van der Waals surface area contributed by atoms with Gasteiger partial charge in [-0.05, 0) is 19.1 Å². The van der Waals surface area contributed by atoms with E-state index in [0.29, 0.717) is 13.1 Å². The lowest BCUT2D eigenvalue weighted by Crippen LogP contribution is -2.34. The van der Waals surface area contributed by atoms with Crippen molar-refractivity contribution in [1.82, 2.24) is 14.9 Å². The van der Waals surface area contributed by atoms with E-state index in [9.17, 15) is 4.79 Å². The van der Waals surface area contributed by atoms with Crippen molar-refractivity contribution in [1.29, 1.82) is 0 Å². The fourth-order valence-corrected chi connectivity index (χ4v) is 2.25. The van der Waals surface area contributed by atoms with Crippen LogP contribution in [0.15, 0.2) is 24.3 Å². The van der Waals surface area contributed by atoms with Crippen LogP contribution in [-0.2, 0) is 17.8 Å². The third-order valence-corrected chi connectivity index (χ3v) is 3.50. The van der Waals surface area contributed by atoms with Gasteiger partial charge in [-0.25, -0.2) is 4.98 Å². The van der Waals surface area contributed by atoms with Gasteiger partial charge in [-0.15, -0.1) is 24.8 Å². The quantitative estimate of drug-likeness (QED) is 0.841. The van der Waals surface area contributed by atoms with Crippen LogP contribution in [0.2, 0.25) is 0 Å². The average molecular weight is 347 g/mol. The van der Waals surface area contributed by atoms with E-state index in [0.717, 1.165) is 29.8 Å². The summed E-state index contributed by atoms with van der Waals surface area (Å²) < 4.78 is 2.19. The second-order valence-corrected chi connectivity index (χ2v) is 4.94. The van der Waals surface area contributed by atoms with Gasteiger partial charge in [-0.3, -0.25) is 4.79 Å². The maximum absolute atomic E-state index is 11.7. The lowest BCUT2D eigenvalue weighted by molar-refractivity contribution is -0.124. The van der Waals surface area contributed by atoms with Gasteiger partial charge in [-0.2, -0.15) is 0 Å². The molecule has 7 heteroatoms. The van der Waals surface area contributed by atoms with E-state index < -0.39 is 0 Å². The fourth-order valence-electron chi connectivity index (χ4n) is 2.25. The van der Waals surface area contributed by atoms with Gasteiger partial charge in [0.25, 0.3) is 0 Å². The molecule has 0 spiro atoms. The van der Waals surface area contributed by atoms with Crippen LogP contribution in [0.3, 0.4) is 0 Å². The van der Waals surface area contributed by atoms with Crippen LogP contribution in [0, 0.1) is 5.92 Å². The van der Waals surface area contributed by atoms with Crippen LogP contribution >= 0.6 is 24.8 Å². The van der Waals surface area contributed by atoms with Crippen molar-refractivity contribution in [3.63, 3.8) is 0 Å². The molecule has 1 aromatic heterocycles. The van der Waals surface area contributed by atoms with E-state index in [4.69, 9.17) is 5.73 Å². The van der Waals surface area contributed by atoms with Gasteiger partial charge in [0.05, 0.1) is 11.0 Å². The Kier molecular flexibility index (Phi) is 9.09. The fraction of sp³-hybridized carbons (Fsp3) is 0.467. The van der Waals surface area contributed by atoms with Crippen molar-refractivity contribution >= 4 is 41.8 Å². The summed E-state index contributed by atoms with van der Waals surface area (Å²) in [5.74, 6) is 0.876. The monoisotopic (exact) mass is 346 g/mol. The Morgan fingerprint density at radius 3 is 2.68 bits per heavy atom. The average Bonchev–Trinajstić information content (AvgIpc) is 2.83. The number of amides is 1. The summed E-state index contributed by atoms with van der Waals surface area (Å²) in [4.78, 5) is 16.3. The summed E-state index contributed by atoms with van der Waals surface area (Å²) in [5, 5.41) is 2.91. The predicted octanol–water partition coefficient (Wildman–Crippen LogP) is 2.15. The van der Waals surface area contributed by atoms with Crippen molar-refractivity contribution < 1.29 is 4.79 Å². The summed E-state index contributed by atoms with van der Waals surface area (Å²) in [6, 6.07) is 8.10. The van der Waals surface area contributed by atoms with Gasteiger partial charge < -0.3 is 15.6 Å². The molecule has 0 saturated heterocycles. The van der Waals surface area contributed by atoms with E-state index in [1.165, 1.54) is 0 Å².